The molecule has 0 saturated carbocycles. The van der Waals surface area contributed by atoms with E-state index in [1.807, 2.05) is 6.92 Å². The number of benzene rings is 1. The summed E-state index contributed by atoms with van der Waals surface area (Å²) in [5.74, 6) is 0.475. The highest BCUT2D eigenvalue weighted by Gasteiger charge is 2.16. The van der Waals surface area contributed by atoms with Crippen molar-refractivity contribution in [3.63, 3.8) is 0 Å². The van der Waals surface area contributed by atoms with E-state index in [0.717, 1.165) is 32.0 Å². The number of aromatic nitrogens is 2. The molecule has 0 aliphatic carbocycles. The Morgan fingerprint density at radius 2 is 2.00 bits per heavy atom. The van der Waals surface area contributed by atoms with E-state index in [0.29, 0.717) is 19.8 Å². The molecule has 0 amide bonds. The van der Waals surface area contributed by atoms with Crippen molar-refractivity contribution in [2.75, 3.05) is 31.7 Å². The third kappa shape index (κ3) is 3.53. The number of anilines is 1. The lowest BCUT2D eigenvalue weighted by molar-refractivity contribution is 0.0992. The van der Waals surface area contributed by atoms with Gasteiger partial charge >= 0.3 is 0 Å². The Morgan fingerprint density at radius 1 is 1.21 bits per heavy atom. The lowest BCUT2D eigenvalue weighted by Crippen LogP contribution is -2.12. The van der Waals surface area contributed by atoms with Gasteiger partial charge in [-0.25, -0.2) is 14.4 Å². The molecular formula is C17H18FN3O2S. The summed E-state index contributed by atoms with van der Waals surface area (Å²) in [6.45, 7) is 3.40. The number of aliphatic hydroxyl groups excluding tert-OH is 1. The molecule has 126 valence electrons. The number of hydrogen-bond acceptors (Lipinski definition) is 6. The average Bonchev–Trinajstić information content (AvgIpc) is 2.92. The number of nitrogens with zero attached hydrogens (tertiary/aromatic N) is 2. The maximum absolute atomic E-state index is 13.2. The maximum atomic E-state index is 13.2. The van der Waals surface area contributed by atoms with E-state index in [1.54, 1.807) is 23.5 Å². The number of halogens is 1. The molecule has 0 bridgehead atoms. The number of fused-ring (bicyclic) bond motifs is 1. The van der Waals surface area contributed by atoms with Crippen LogP contribution in [0.4, 0.5) is 10.2 Å². The van der Waals surface area contributed by atoms with Crippen LogP contribution < -0.4 is 5.32 Å². The van der Waals surface area contributed by atoms with E-state index in [1.165, 1.54) is 18.5 Å². The average molecular weight is 347 g/mol. The summed E-state index contributed by atoms with van der Waals surface area (Å²) in [5, 5.41) is 12.9. The Kier molecular flexibility index (Phi) is 5.34. The Morgan fingerprint density at radius 3 is 2.75 bits per heavy atom. The van der Waals surface area contributed by atoms with E-state index < -0.39 is 0 Å². The zero-order valence-corrected chi connectivity index (χ0v) is 14.1. The molecule has 0 fully saturated rings. The molecule has 0 saturated heterocycles. The minimum atomic E-state index is -0.258. The predicted octanol–water partition coefficient (Wildman–Crippen LogP) is 3.23. The van der Waals surface area contributed by atoms with Crippen LogP contribution in [0.2, 0.25) is 0 Å². The van der Waals surface area contributed by atoms with Crippen molar-refractivity contribution in [3.8, 4) is 11.1 Å². The Balaban J connectivity index is 1.94. The molecule has 0 radical (unpaired) electrons. The number of ether oxygens (including phenoxy) is 1. The summed E-state index contributed by atoms with van der Waals surface area (Å²) in [7, 11) is 0. The Hall–Kier alpha value is -2.09. The number of thiophene rings is 1. The summed E-state index contributed by atoms with van der Waals surface area (Å²) in [6, 6.07) is 6.45. The van der Waals surface area contributed by atoms with Gasteiger partial charge in [0.15, 0.2) is 0 Å². The predicted molar refractivity (Wildman–Crippen MR) is 93.9 cm³/mol. The second-order valence-electron chi connectivity index (χ2n) is 5.21. The minimum absolute atomic E-state index is 0.0101. The first-order chi connectivity index (χ1) is 11.7. The summed E-state index contributed by atoms with van der Waals surface area (Å²) in [4.78, 5) is 10.7. The van der Waals surface area contributed by atoms with Crippen molar-refractivity contribution in [1.29, 1.82) is 0 Å². The van der Waals surface area contributed by atoms with Crippen LogP contribution in [0, 0.1) is 12.7 Å². The number of aryl methyl sites for hydroxylation is 1. The normalized spacial score (nSPS) is 11.1. The van der Waals surface area contributed by atoms with Gasteiger partial charge in [-0.3, -0.25) is 0 Å². The first-order valence-corrected chi connectivity index (χ1v) is 8.45. The second-order valence-corrected chi connectivity index (χ2v) is 6.41. The second kappa shape index (κ2) is 7.65. The lowest BCUT2D eigenvalue weighted by Gasteiger charge is -2.09. The minimum Gasteiger partial charge on any atom is -0.394 e. The smallest absolute Gasteiger partial charge is 0.138 e. The molecule has 3 rings (SSSR count). The third-order valence-electron chi connectivity index (χ3n) is 3.57. The van der Waals surface area contributed by atoms with Crippen LogP contribution in [0.25, 0.3) is 21.3 Å². The van der Waals surface area contributed by atoms with Crippen molar-refractivity contribution in [1.82, 2.24) is 9.97 Å². The van der Waals surface area contributed by atoms with Crippen LogP contribution >= 0.6 is 11.3 Å². The van der Waals surface area contributed by atoms with Gasteiger partial charge < -0.3 is 15.2 Å². The van der Waals surface area contributed by atoms with Crippen molar-refractivity contribution < 1.29 is 14.2 Å². The van der Waals surface area contributed by atoms with E-state index in [2.05, 4.69) is 15.3 Å². The number of nitrogens with one attached hydrogen (secondary N) is 1. The first-order valence-electron chi connectivity index (χ1n) is 7.63. The molecule has 2 aromatic heterocycles. The van der Waals surface area contributed by atoms with Crippen LogP contribution in [0.3, 0.4) is 0 Å². The molecule has 7 heteroatoms. The topological polar surface area (TPSA) is 67.3 Å². The highest BCUT2D eigenvalue weighted by Crippen LogP contribution is 2.40. The van der Waals surface area contributed by atoms with Crippen LogP contribution in [0.15, 0.2) is 30.6 Å². The first kappa shape index (κ1) is 16.8. The van der Waals surface area contributed by atoms with Crippen LogP contribution in [-0.2, 0) is 4.74 Å². The molecular weight excluding hydrogens is 329 g/mol. The Labute approximate surface area is 143 Å². The van der Waals surface area contributed by atoms with Crippen molar-refractivity contribution in [3.05, 3.63) is 41.3 Å². The van der Waals surface area contributed by atoms with E-state index >= 15 is 0 Å². The molecule has 1 aromatic carbocycles. The van der Waals surface area contributed by atoms with Crippen molar-refractivity contribution in [2.24, 2.45) is 0 Å². The van der Waals surface area contributed by atoms with Gasteiger partial charge in [0.05, 0.1) is 25.2 Å². The molecule has 2 N–H and O–H groups in total. The highest BCUT2D eigenvalue weighted by molar-refractivity contribution is 7.19. The Bertz CT molecular complexity index is 821. The van der Waals surface area contributed by atoms with Crippen LogP contribution in [-0.4, -0.2) is 41.4 Å². The molecule has 5 nitrogen and oxygen atoms in total. The SMILES string of the molecule is Cc1sc2ncnc(NCCOCCO)c2c1-c1ccc(F)cc1. The summed E-state index contributed by atoms with van der Waals surface area (Å²) in [6.07, 6.45) is 1.53. The van der Waals surface area contributed by atoms with Gasteiger partial charge in [0, 0.05) is 17.0 Å². The van der Waals surface area contributed by atoms with E-state index in [9.17, 15) is 4.39 Å². The summed E-state index contributed by atoms with van der Waals surface area (Å²) < 4.78 is 18.5. The van der Waals surface area contributed by atoms with Gasteiger partial charge in [0.25, 0.3) is 0 Å². The van der Waals surface area contributed by atoms with Gasteiger partial charge in [-0.15, -0.1) is 11.3 Å². The van der Waals surface area contributed by atoms with Gasteiger partial charge in [-0.2, -0.15) is 0 Å². The van der Waals surface area contributed by atoms with E-state index in [4.69, 9.17) is 9.84 Å². The number of rotatable bonds is 7. The van der Waals surface area contributed by atoms with Gasteiger partial charge in [-0.1, -0.05) is 12.1 Å². The molecule has 0 spiro atoms. The standard InChI is InChI=1S/C17H18FN3O2S/c1-11-14(12-2-4-13(18)5-3-12)15-16(19-6-8-23-9-7-22)20-10-21-17(15)24-11/h2-5,10,22H,6-9H2,1H3,(H,19,20,21). The van der Waals surface area contributed by atoms with E-state index in [-0.39, 0.29) is 12.4 Å². The quantitative estimate of drug-likeness (QED) is 0.642. The molecule has 0 atom stereocenters. The third-order valence-corrected chi connectivity index (χ3v) is 4.58. The highest BCUT2D eigenvalue weighted by atomic mass is 32.1. The zero-order valence-electron chi connectivity index (χ0n) is 13.3. The molecule has 24 heavy (non-hydrogen) atoms. The fourth-order valence-electron chi connectivity index (χ4n) is 2.55. The van der Waals surface area contributed by atoms with Crippen molar-refractivity contribution in [2.45, 2.75) is 6.92 Å². The molecule has 3 aromatic rings. The van der Waals surface area contributed by atoms with Gasteiger partial charge in [0.1, 0.15) is 22.8 Å². The molecule has 0 aliphatic rings. The lowest BCUT2D eigenvalue weighted by atomic mass is 10.0. The van der Waals surface area contributed by atoms with Gasteiger partial charge in [-0.05, 0) is 24.6 Å². The molecule has 0 unspecified atom stereocenters. The fourth-order valence-corrected chi connectivity index (χ4v) is 3.56. The van der Waals surface area contributed by atoms with Gasteiger partial charge in [0.2, 0.25) is 0 Å². The van der Waals surface area contributed by atoms with Crippen LogP contribution in [0.1, 0.15) is 4.88 Å². The summed E-state index contributed by atoms with van der Waals surface area (Å²) in [5.41, 5.74) is 1.96. The summed E-state index contributed by atoms with van der Waals surface area (Å²) >= 11 is 1.59. The van der Waals surface area contributed by atoms with Crippen LogP contribution in [0.5, 0.6) is 0 Å². The molecule has 0 aliphatic heterocycles. The number of aliphatic hydroxyl groups is 1. The zero-order chi connectivity index (χ0) is 16.9. The molecule has 2 heterocycles. The number of hydrogen-bond donors (Lipinski definition) is 2. The monoisotopic (exact) mass is 347 g/mol. The maximum Gasteiger partial charge on any atom is 0.138 e. The largest absolute Gasteiger partial charge is 0.394 e. The fraction of sp³-hybridized carbons (Fsp3) is 0.294. The van der Waals surface area contributed by atoms with Crippen molar-refractivity contribution >= 4 is 27.4 Å².